The normalized spacial score (nSPS) is 14.8. The molecule has 0 atom stereocenters. The lowest BCUT2D eigenvalue weighted by Gasteiger charge is -2.27. The molecule has 4 rings (SSSR count). The van der Waals surface area contributed by atoms with E-state index in [2.05, 4.69) is 9.88 Å². The molecular weight excluding hydrogens is 470 g/mol. The van der Waals surface area contributed by atoms with E-state index in [0.29, 0.717) is 17.2 Å². The van der Waals surface area contributed by atoms with Crippen molar-refractivity contribution in [1.82, 2.24) is 9.88 Å². The molecule has 10 heteroatoms. The minimum atomic E-state index is -3.40. The van der Waals surface area contributed by atoms with Gasteiger partial charge in [0, 0.05) is 38.0 Å². The number of anilines is 1. The van der Waals surface area contributed by atoms with Crippen LogP contribution >= 0.6 is 23.7 Å². The van der Waals surface area contributed by atoms with Crippen LogP contribution in [0, 0.1) is 0 Å². The molecule has 32 heavy (non-hydrogen) atoms. The fourth-order valence-electron chi connectivity index (χ4n) is 3.55. The summed E-state index contributed by atoms with van der Waals surface area (Å²) >= 11 is 1.47. The number of amides is 1. The number of halogens is 1. The second-order valence-electron chi connectivity index (χ2n) is 7.53. The van der Waals surface area contributed by atoms with Gasteiger partial charge in [0.1, 0.15) is 0 Å². The highest BCUT2D eigenvalue weighted by atomic mass is 35.5. The summed E-state index contributed by atoms with van der Waals surface area (Å²) in [6.07, 6.45) is 1.93. The molecule has 0 unspecified atom stereocenters. The van der Waals surface area contributed by atoms with E-state index in [-0.39, 0.29) is 23.2 Å². The molecule has 0 aliphatic carbocycles. The minimum absolute atomic E-state index is 0. The van der Waals surface area contributed by atoms with E-state index in [9.17, 15) is 13.2 Å². The molecule has 0 N–H and O–H groups in total. The van der Waals surface area contributed by atoms with Crippen LogP contribution in [0.5, 0.6) is 0 Å². The summed E-state index contributed by atoms with van der Waals surface area (Å²) < 4.78 is 30.3. The first-order valence-corrected chi connectivity index (χ1v) is 12.9. The Hall–Kier alpha value is -2.04. The van der Waals surface area contributed by atoms with Crippen molar-refractivity contribution in [2.75, 3.05) is 50.5 Å². The van der Waals surface area contributed by atoms with Crippen molar-refractivity contribution in [1.29, 1.82) is 0 Å². The average molecular weight is 496 g/mol. The largest absolute Gasteiger partial charge is 0.379 e. The predicted octanol–water partition coefficient (Wildman–Crippen LogP) is 3.49. The number of thiazole rings is 1. The Balaban J connectivity index is 0.00000289. The fraction of sp³-hybridized carbons (Fsp3) is 0.364. The maximum absolute atomic E-state index is 13.4. The van der Waals surface area contributed by atoms with E-state index < -0.39 is 9.84 Å². The smallest absolute Gasteiger partial charge is 0.260 e. The number of para-hydroxylation sites is 1. The lowest BCUT2D eigenvalue weighted by molar-refractivity contribution is 0.0376. The molecular formula is C22H26ClN3O4S2. The van der Waals surface area contributed by atoms with E-state index in [1.807, 2.05) is 24.3 Å². The number of hydrogen-bond donors (Lipinski definition) is 0. The van der Waals surface area contributed by atoms with Crippen molar-refractivity contribution in [3.05, 3.63) is 54.1 Å². The molecule has 1 aromatic heterocycles. The lowest BCUT2D eigenvalue weighted by Crippen LogP contribution is -2.39. The van der Waals surface area contributed by atoms with Gasteiger partial charge in [0.2, 0.25) is 0 Å². The van der Waals surface area contributed by atoms with Gasteiger partial charge in [-0.1, -0.05) is 29.5 Å². The van der Waals surface area contributed by atoms with E-state index in [1.165, 1.54) is 23.5 Å². The van der Waals surface area contributed by atoms with Crippen molar-refractivity contribution in [3.8, 4) is 0 Å². The van der Waals surface area contributed by atoms with Crippen LogP contribution in [0.2, 0.25) is 0 Å². The molecule has 1 fully saturated rings. The number of sulfone groups is 1. The van der Waals surface area contributed by atoms with Crippen molar-refractivity contribution >= 4 is 54.8 Å². The van der Waals surface area contributed by atoms with E-state index >= 15 is 0 Å². The molecule has 0 radical (unpaired) electrons. The minimum Gasteiger partial charge on any atom is -0.379 e. The SMILES string of the molecule is CS(=O)(=O)c1cccc(C(=O)N(CCCN2CCOCC2)c2nc3ccccc3s2)c1.Cl. The number of carbonyl (C=O) groups excluding carboxylic acids is 1. The van der Waals surface area contributed by atoms with Crippen LogP contribution in [0.1, 0.15) is 16.8 Å². The van der Waals surface area contributed by atoms with Gasteiger partial charge in [-0.2, -0.15) is 0 Å². The van der Waals surface area contributed by atoms with Crippen molar-refractivity contribution < 1.29 is 17.9 Å². The van der Waals surface area contributed by atoms with Gasteiger partial charge in [-0.3, -0.25) is 14.6 Å². The zero-order valence-electron chi connectivity index (χ0n) is 17.8. The molecule has 0 bridgehead atoms. The number of nitrogens with zero attached hydrogens (tertiary/aromatic N) is 3. The third kappa shape index (κ3) is 5.85. The van der Waals surface area contributed by atoms with Gasteiger partial charge < -0.3 is 4.74 Å². The van der Waals surface area contributed by atoms with Crippen molar-refractivity contribution in [2.45, 2.75) is 11.3 Å². The Morgan fingerprint density at radius 1 is 1.16 bits per heavy atom. The maximum Gasteiger partial charge on any atom is 0.260 e. The highest BCUT2D eigenvalue weighted by Crippen LogP contribution is 2.30. The standard InChI is InChI=1S/C22H25N3O4S2.ClH/c1-31(27,28)18-7-4-6-17(16-18)21(26)25(11-5-10-24-12-14-29-15-13-24)22-23-19-8-2-3-9-20(19)30-22;/h2-4,6-9,16H,5,10-15H2,1H3;1H. The van der Waals surface area contributed by atoms with Crippen LogP contribution in [0.3, 0.4) is 0 Å². The van der Waals surface area contributed by atoms with Gasteiger partial charge in [-0.15, -0.1) is 12.4 Å². The van der Waals surface area contributed by atoms with Crippen LogP contribution in [0.25, 0.3) is 10.2 Å². The predicted molar refractivity (Wildman–Crippen MR) is 130 cm³/mol. The molecule has 2 heterocycles. The first-order chi connectivity index (χ1) is 14.9. The molecule has 1 amide bonds. The molecule has 1 aliphatic rings. The van der Waals surface area contributed by atoms with Crippen molar-refractivity contribution in [3.63, 3.8) is 0 Å². The van der Waals surface area contributed by atoms with Gasteiger partial charge in [0.05, 0.1) is 28.3 Å². The Labute approximate surface area is 198 Å². The van der Waals surface area contributed by atoms with Crippen LogP contribution < -0.4 is 4.90 Å². The zero-order valence-corrected chi connectivity index (χ0v) is 20.2. The van der Waals surface area contributed by atoms with Gasteiger partial charge >= 0.3 is 0 Å². The monoisotopic (exact) mass is 495 g/mol. The van der Waals surface area contributed by atoms with Gasteiger partial charge in [-0.25, -0.2) is 13.4 Å². The van der Waals surface area contributed by atoms with Crippen LogP contribution in [0.15, 0.2) is 53.4 Å². The summed E-state index contributed by atoms with van der Waals surface area (Å²) in [6.45, 7) is 4.62. The van der Waals surface area contributed by atoms with E-state index in [4.69, 9.17) is 4.74 Å². The summed E-state index contributed by atoms with van der Waals surface area (Å²) in [5.74, 6) is -0.244. The molecule has 2 aromatic carbocycles. The molecule has 1 aliphatic heterocycles. The Bertz CT molecular complexity index is 1140. The number of aromatic nitrogens is 1. The zero-order chi connectivity index (χ0) is 21.8. The summed E-state index contributed by atoms with van der Waals surface area (Å²) in [5.41, 5.74) is 1.19. The fourth-order valence-corrected chi connectivity index (χ4v) is 5.21. The number of rotatable bonds is 7. The highest BCUT2D eigenvalue weighted by molar-refractivity contribution is 7.90. The number of carbonyl (C=O) groups is 1. The first kappa shape index (κ1) is 24.6. The Morgan fingerprint density at radius 2 is 1.91 bits per heavy atom. The molecule has 7 nitrogen and oxygen atoms in total. The highest BCUT2D eigenvalue weighted by Gasteiger charge is 2.23. The number of morpholine rings is 1. The second kappa shape index (κ2) is 10.7. The second-order valence-corrected chi connectivity index (χ2v) is 10.6. The van der Waals surface area contributed by atoms with Gasteiger partial charge in [-0.05, 0) is 36.8 Å². The Kier molecular flexibility index (Phi) is 8.24. The van der Waals surface area contributed by atoms with Crippen LogP contribution in [0.4, 0.5) is 5.13 Å². The topological polar surface area (TPSA) is 79.8 Å². The maximum atomic E-state index is 13.4. The third-order valence-electron chi connectivity index (χ3n) is 5.23. The summed E-state index contributed by atoms with van der Waals surface area (Å²) in [7, 11) is -3.40. The lowest BCUT2D eigenvalue weighted by atomic mass is 10.2. The molecule has 1 saturated heterocycles. The first-order valence-electron chi connectivity index (χ1n) is 10.2. The van der Waals surface area contributed by atoms with E-state index in [0.717, 1.165) is 55.7 Å². The van der Waals surface area contributed by atoms with E-state index in [1.54, 1.807) is 17.0 Å². The Morgan fingerprint density at radius 3 is 2.62 bits per heavy atom. The molecule has 0 spiro atoms. The number of benzene rings is 2. The van der Waals surface area contributed by atoms with Gasteiger partial charge in [0.15, 0.2) is 15.0 Å². The summed E-state index contributed by atoms with van der Waals surface area (Å²) in [6, 6.07) is 14.0. The average Bonchev–Trinajstić information content (AvgIpc) is 3.20. The van der Waals surface area contributed by atoms with Crippen molar-refractivity contribution in [2.24, 2.45) is 0 Å². The quantitative estimate of drug-likeness (QED) is 0.499. The van der Waals surface area contributed by atoms with Gasteiger partial charge in [0.25, 0.3) is 5.91 Å². The molecule has 0 saturated carbocycles. The number of ether oxygens (including phenoxy) is 1. The molecule has 172 valence electrons. The molecule has 3 aromatic rings. The van der Waals surface area contributed by atoms with Crippen LogP contribution in [-0.2, 0) is 14.6 Å². The van der Waals surface area contributed by atoms with Crippen LogP contribution in [-0.4, -0.2) is 69.9 Å². The number of fused-ring (bicyclic) bond motifs is 1. The number of hydrogen-bond acceptors (Lipinski definition) is 7. The summed E-state index contributed by atoms with van der Waals surface area (Å²) in [5, 5.41) is 0.623. The third-order valence-corrected chi connectivity index (χ3v) is 7.40. The summed E-state index contributed by atoms with van der Waals surface area (Å²) in [4.78, 5) is 22.3.